The van der Waals surface area contributed by atoms with Gasteiger partial charge in [0.2, 0.25) is 5.28 Å². The number of carbonyl (C=O) groups is 1. The molecule has 0 amide bonds. The molecule has 0 unspecified atom stereocenters. The fraction of sp³-hybridized carbons (Fsp3) is 0.389. The van der Waals surface area contributed by atoms with Gasteiger partial charge in [0.1, 0.15) is 11.6 Å². The van der Waals surface area contributed by atoms with Gasteiger partial charge in [0.25, 0.3) is 0 Å². The second-order valence-electron chi connectivity index (χ2n) is 6.89. The molecule has 31 heavy (non-hydrogen) atoms. The van der Waals surface area contributed by atoms with Crippen molar-refractivity contribution in [1.29, 1.82) is 0 Å². The van der Waals surface area contributed by atoms with E-state index in [9.17, 15) is 30.8 Å². The largest absolute Gasteiger partial charge is 0.389 e. The minimum Gasteiger partial charge on any atom is -0.355 e. The summed E-state index contributed by atoms with van der Waals surface area (Å²) in [7, 11) is -3.95. The highest BCUT2D eigenvalue weighted by atomic mass is 35.5. The van der Waals surface area contributed by atoms with Crippen molar-refractivity contribution in [3.63, 3.8) is 0 Å². The Hall–Kier alpha value is -1.98. The van der Waals surface area contributed by atoms with Crippen LogP contribution in [-0.4, -0.2) is 48.7 Å². The van der Waals surface area contributed by atoms with E-state index in [4.69, 9.17) is 23.2 Å². The average Bonchev–Trinajstić information content (AvgIpc) is 3.16. The molecule has 1 aromatic heterocycles. The first-order valence-electron chi connectivity index (χ1n) is 8.95. The lowest BCUT2D eigenvalue weighted by atomic mass is 10.1. The lowest BCUT2D eigenvalue weighted by Gasteiger charge is -2.20. The van der Waals surface area contributed by atoms with Crippen LogP contribution in [0.3, 0.4) is 0 Å². The highest BCUT2D eigenvalue weighted by Gasteiger charge is 2.37. The Morgan fingerprint density at radius 2 is 1.97 bits per heavy atom. The maximum absolute atomic E-state index is 13.3. The van der Waals surface area contributed by atoms with Crippen LogP contribution in [0, 0.1) is 5.82 Å². The van der Waals surface area contributed by atoms with Crippen LogP contribution in [0.2, 0.25) is 10.3 Å². The Kier molecular flexibility index (Phi) is 6.78. The summed E-state index contributed by atoms with van der Waals surface area (Å²) in [6.45, 7) is 0.0402. The topological polar surface area (TPSA) is 80.2 Å². The minimum absolute atomic E-state index is 0.0323. The van der Waals surface area contributed by atoms with Crippen molar-refractivity contribution in [2.24, 2.45) is 0 Å². The van der Waals surface area contributed by atoms with Crippen molar-refractivity contribution in [3.05, 3.63) is 46.1 Å². The molecule has 0 N–H and O–H groups in total. The molecular weight excluding hydrogens is 485 g/mol. The number of anilines is 1. The summed E-state index contributed by atoms with van der Waals surface area (Å²) in [6, 6.07) is 2.94. The summed E-state index contributed by atoms with van der Waals surface area (Å²) in [4.78, 5) is 21.2. The normalized spacial score (nSPS) is 17.2. The number of Topliss-reactive ketones (excluding diaryl/α,β-unsaturated/α-hetero) is 1. The molecule has 0 saturated carbocycles. The zero-order chi connectivity index (χ0) is 23.0. The number of ketones is 1. The van der Waals surface area contributed by atoms with Crippen LogP contribution in [0.15, 0.2) is 29.3 Å². The number of aromatic nitrogens is 2. The summed E-state index contributed by atoms with van der Waals surface area (Å²) in [5.74, 6) is -1.55. The van der Waals surface area contributed by atoms with Gasteiger partial charge in [-0.1, -0.05) is 11.6 Å². The highest BCUT2D eigenvalue weighted by Crippen LogP contribution is 2.33. The molecule has 2 heterocycles. The second-order valence-corrected chi connectivity index (χ2v) is 9.83. The van der Waals surface area contributed by atoms with Gasteiger partial charge in [-0.3, -0.25) is 4.79 Å². The van der Waals surface area contributed by atoms with Crippen LogP contribution in [-0.2, 0) is 9.84 Å². The van der Waals surface area contributed by atoms with Gasteiger partial charge in [-0.25, -0.2) is 17.8 Å². The van der Waals surface area contributed by atoms with Crippen LogP contribution >= 0.6 is 23.2 Å². The van der Waals surface area contributed by atoms with E-state index in [1.807, 2.05) is 0 Å². The number of hydrogen-bond donors (Lipinski definition) is 0. The van der Waals surface area contributed by atoms with Crippen molar-refractivity contribution in [3.8, 4) is 0 Å². The van der Waals surface area contributed by atoms with Gasteiger partial charge in [-0.2, -0.15) is 18.2 Å². The quantitative estimate of drug-likeness (QED) is 0.252. The molecule has 0 bridgehead atoms. The highest BCUT2D eigenvalue weighted by molar-refractivity contribution is 7.92. The second kappa shape index (κ2) is 8.87. The maximum atomic E-state index is 13.3. The molecule has 0 spiro atoms. The third kappa shape index (κ3) is 5.45. The molecule has 0 aliphatic carbocycles. The van der Waals surface area contributed by atoms with E-state index < -0.39 is 45.7 Å². The van der Waals surface area contributed by atoms with Crippen molar-refractivity contribution in [2.75, 3.05) is 18.0 Å². The van der Waals surface area contributed by atoms with Crippen LogP contribution in [0.4, 0.5) is 23.4 Å². The summed E-state index contributed by atoms with van der Waals surface area (Å²) in [5, 5.41) is -1.45. The maximum Gasteiger partial charge on any atom is 0.389 e. The number of rotatable bonds is 6. The Morgan fingerprint density at radius 1 is 1.26 bits per heavy atom. The summed E-state index contributed by atoms with van der Waals surface area (Å²) >= 11 is 11.7. The number of nitrogens with zero attached hydrogens (tertiary/aromatic N) is 3. The first kappa shape index (κ1) is 23.7. The van der Waals surface area contributed by atoms with Gasteiger partial charge in [-0.05, 0) is 36.2 Å². The summed E-state index contributed by atoms with van der Waals surface area (Å²) < 4.78 is 76.6. The number of benzene rings is 1. The molecule has 1 saturated heterocycles. The van der Waals surface area contributed by atoms with Crippen LogP contribution in [0.25, 0.3) is 0 Å². The smallest absolute Gasteiger partial charge is 0.355 e. The molecule has 2 aromatic rings. The first-order chi connectivity index (χ1) is 14.4. The van der Waals surface area contributed by atoms with E-state index in [1.165, 1.54) is 4.90 Å². The van der Waals surface area contributed by atoms with Gasteiger partial charge in [0.15, 0.2) is 15.6 Å². The minimum atomic E-state index is -4.51. The van der Waals surface area contributed by atoms with Gasteiger partial charge in [0, 0.05) is 25.7 Å². The van der Waals surface area contributed by atoms with E-state index in [1.54, 1.807) is 0 Å². The lowest BCUT2D eigenvalue weighted by molar-refractivity contribution is -0.133. The molecule has 1 aliphatic rings. The summed E-state index contributed by atoms with van der Waals surface area (Å²) in [5.41, 5.74) is -0.175. The van der Waals surface area contributed by atoms with Gasteiger partial charge >= 0.3 is 6.18 Å². The Balaban J connectivity index is 1.85. The fourth-order valence-electron chi connectivity index (χ4n) is 3.24. The van der Waals surface area contributed by atoms with Crippen LogP contribution in [0.1, 0.15) is 29.6 Å². The molecule has 0 radical (unpaired) electrons. The van der Waals surface area contributed by atoms with Crippen molar-refractivity contribution in [1.82, 2.24) is 9.97 Å². The van der Waals surface area contributed by atoms with Gasteiger partial charge in [-0.15, -0.1) is 0 Å². The molecular formula is C18H15Cl2F4N3O3S. The zero-order valence-corrected chi connectivity index (χ0v) is 18.0. The van der Waals surface area contributed by atoms with E-state index in [-0.39, 0.29) is 46.1 Å². The van der Waals surface area contributed by atoms with Gasteiger partial charge < -0.3 is 4.90 Å². The molecule has 1 aromatic carbocycles. The molecule has 1 atom stereocenters. The van der Waals surface area contributed by atoms with E-state index in [0.29, 0.717) is 0 Å². The van der Waals surface area contributed by atoms with E-state index >= 15 is 0 Å². The van der Waals surface area contributed by atoms with Gasteiger partial charge in [0.05, 0.1) is 27.2 Å². The Morgan fingerprint density at radius 3 is 2.61 bits per heavy atom. The summed E-state index contributed by atoms with van der Waals surface area (Å²) in [6.07, 6.45) is -5.46. The van der Waals surface area contributed by atoms with E-state index in [0.717, 1.165) is 24.4 Å². The zero-order valence-electron chi connectivity index (χ0n) is 15.7. The Bertz CT molecular complexity index is 1110. The predicted octanol–water partition coefficient (Wildman–Crippen LogP) is 4.50. The van der Waals surface area contributed by atoms with Crippen molar-refractivity contribution < 1.29 is 30.8 Å². The monoisotopic (exact) mass is 499 g/mol. The number of carbonyl (C=O) groups excluding carboxylic acids is 1. The fourth-order valence-corrected chi connectivity index (χ4v) is 5.60. The molecule has 3 rings (SSSR count). The average molecular weight is 500 g/mol. The number of hydrogen-bond acceptors (Lipinski definition) is 6. The third-order valence-electron chi connectivity index (χ3n) is 4.76. The number of halogens is 6. The SMILES string of the molecule is O=C(CCC(F)(F)F)c1cnc(Cl)nc1N1CC[C@H](S(=O)(=O)c2ccc(F)cc2Cl)C1. The predicted molar refractivity (Wildman–Crippen MR) is 106 cm³/mol. The first-order valence-corrected chi connectivity index (χ1v) is 11.2. The van der Waals surface area contributed by atoms with E-state index in [2.05, 4.69) is 9.97 Å². The number of alkyl halides is 3. The number of sulfone groups is 1. The van der Waals surface area contributed by atoms with Crippen LogP contribution in [0.5, 0.6) is 0 Å². The molecule has 168 valence electrons. The molecule has 1 fully saturated rings. The van der Waals surface area contributed by atoms with Crippen molar-refractivity contribution >= 4 is 44.6 Å². The standard InChI is InChI=1S/C18H15Cl2F4N3O3S/c19-13-7-10(21)1-2-15(13)31(29,30)11-4-6-27(9-11)16-12(8-25-17(20)26-16)14(28)3-5-18(22,23)24/h1-2,7-8,11H,3-6,9H2/t11-/m0/s1. The van der Waals surface area contributed by atoms with Crippen LogP contribution < -0.4 is 4.90 Å². The molecule has 13 heteroatoms. The third-order valence-corrected chi connectivity index (χ3v) is 7.60. The molecule has 1 aliphatic heterocycles. The van der Waals surface area contributed by atoms with Crippen molar-refractivity contribution in [2.45, 2.75) is 35.6 Å². The molecule has 6 nitrogen and oxygen atoms in total. The Labute approximate surface area is 185 Å². The lowest BCUT2D eigenvalue weighted by Crippen LogP contribution is -2.29.